The number of nitrogens with one attached hydrogen (secondary N) is 1. The quantitative estimate of drug-likeness (QED) is 0.806. The summed E-state index contributed by atoms with van der Waals surface area (Å²) >= 11 is 6.21. The Bertz CT molecular complexity index is 296. The van der Waals surface area contributed by atoms with E-state index in [2.05, 4.69) is 38.2 Å². The van der Waals surface area contributed by atoms with Crippen LogP contribution in [-0.4, -0.2) is 13.1 Å². The molecule has 0 aliphatic rings. The van der Waals surface area contributed by atoms with Crippen LogP contribution >= 0.6 is 11.6 Å². The van der Waals surface area contributed by atoms with E-state index in [9.17, 15) is 0 Å². The molecule has 0 saturated heterocycles. The molecule has 1 atom stereocenters. The fourth-order valence-electron chi connectivity index (χ4n) is 1.78. The highest BCUT2D eigenvalue weighted by Gasteiger charge is 2.17. The molecule has 1 nitrogen and oxygen atoms in total. The van der Waals surface area contributed by atoms with Gasteiger partial charge in [0, 0.05) is 17.5 Å². The van der Waals surface area contributed by atoms with Crippen LogP contribution in [0.1, 0.15) is 32.3 Å². The summed E-state index contributed by atoms with van der Waals surface area (Å²) in [6.45, 7) is 8.62. The highest BCUT2D eigenvalue weighted by molar-refractivity contribution is 6.31. The Hall–Kier alpha value is -0.530. The van der Waals surface area contributed by atoms with E-state index in [-0.39, 0.29) is 0 Å². The number of halogens is 1. The molecule has 0 heterocycles. The Morgan fingerprint density at radius 2 is 1.93 bits per heavy atom. The van der Waals surface area contributed by atoms with E-state index in [0.717, 1.165) is 18.1 Å². The lowest BCUT2D eigenvalue weighted by Gasteiger charge is -2.22. The van der Waals surface area contributed by atoms with Crippen LogP contribution in [0.25, 0.3) is 0 Å². The third kappa shape index (κ3) is 3.51. The molecule has 1 aromatic rings. The molecule has 1 aromatic carbocycles. The molecule has 0 bridgehead atoms. The van der Waals surface area contributed by atoms with Gasteiger partial charge in [-0.15, -0.1) is 0 Å². The number of rotatable bonds is 5. The van der Waals surface area contributed by atoms with Crippen molar-refractivity contribution in [3.63, 3.8) is 0 Å². The molecule has 0 spiro atoms. The minimum atomic E-state index is 0.499. The third-order valence-electron chi connectivity index (χ3n) is 2.72. The SMILES string of the molecule is CCNCC(c1ccccc1Cl)C(C)C. The Morgan fingerprint density at radius 3 is 2.47 bits per heavy atom. The van der Waals surface area contributed by atoms with E-state index in [1.54, 1.807) is 0 Å². The lowest BCUT2D eigenvalue weighted by Crippen LogP contribution is -2.24. The largest absolute Gasteiger partial charge is 0.316 e. The van der Waals surface area contributed by atoms with Crippen molar-refractivity contribution >= 4 is 11.6 Å². The average molecular weight is 226 g/mol. The zero-order valence-corrected chi connectivity index (χ0v) is 10.5. The van der Waals surface area contributed by atoms with Gasteiger partial charge in [0.25, 0.3) is 0 Å². The van der Waals surface area contributed by atoms with Gasteiger partial charge in [0.2, 0.25) is 0 Å². The van der Waals surface area contributed by atoms with Gasteiger partial charge in [-0.2, -0.15) is 0 Å². The molecule has 1 rings (SSSR count). The van der Waals surface area contributed by atoms with Crippen LogP contribution in [0, 0.1) is 5.92 Å². The molecule has 0 radical (unpaired) electrons. The van der Waals surface area contributed by atoms with Gasteiger partial charge in [0.15, 0.2) is 0 Å². The lowest BCUT2D eigenvalue weighted by atomic mass is 9.88. The third-order valence-corrected chi connectivity index (χ3v) is 3.07. The van der Waals surface area contributed by atoms with Crippen molar-refractivity contribution in [2.24, 2.45) is 5.92 Å². The van der Waals surface area contributed by atoms with Gasteiger partial charge < -0.3 is 5.32 Å². The Kier molecular flexibility index (Phi) is 5.13. The second kappa shape index (κ2) is 6.14. The monoisotopic (exact) mass is 225 g/mol. The van der Waals surface area contributed by atoms with E-state index in [1.807, 2.05) is 12.1 Å². The van der Waals surface area contributed by atoms with Crippen molar-refractivity contribution in [3.8, 4) is 0 Å². The van der Waals surface area contributed by atoms with E-state index >= 15 is 0 Å². The first-order valence-corrected chi connectivity index (χ1v) is 5.99. The topological polar surface area (TPSA) is 12.0 Å². The van der Waals surface area contributed by atoms with E-state index in [0.29, 0.717) is 11.8 Å². The molecule has 0 aromatic heterocycles. The summed E-state index contributed by atoms with van der Waals surface area (Å²) in [7, 11) is 0. The predicted molar refractivity (Wildman–Crippen MR) is 67.6 cm³/mol. The second-order valence-electron chi connectivity index (χ2n) is 4.18. The zero-order valence-electron chi connectivity index (χ0n) is 9.76. The second-order valence-corrected chi connectivity index (χ2v) is 4.59. The Balaban J connectivity index is 2.84. The molecule has 1 unspecified atom stereocenters. The molecule has 1 N–H and O–H groups in total. The van der Waals surface area contributed by atoms with Crippen molar-refractivity contribution in [3.05, 3.63) is 34.9 Å². The van der Waals surface area contributed by atoms with Crippen LogP contribution in [0.5, 0.6) is 0 Å². The van der Waals surface area contributed by atoms with E-state index < -0.39 is 0 Å². The number of hydrogen-bond donors (Lipinski definition) is 1. The molecular formula is C13H20ClN. The van der Waals surface area contributed by atoms with Crippen LogP contribution in [0.4, 0.5) is 0 Å². The van der Waals surface area contributed by atoms with Crippen molar-refractivity contribution in [1.29, 1.82) is 0 Å². The number of hydrogen-bond acceptors (Lipinski definition) is 1. The van der Waals surface area contributed by atoms with Crippen molar-refractivity contribution in [1.82, 2.24) is 5.32 Å². The molecule has 15 heavy (non-hydrogen) atoms. The summed E-state index contributed by atoms with van der Waals surface area (Å²) < 4.78 is 0. The van der Waals surface area contributed by atoms with Crippen molar-refractivity contribution < 1.29 is 0 Å². The smallest absolute Gasteiger partial charge is 0.0441 e. The summed E-state index contributed by atoms with van der Waals surface area (Å²) in [6.07, 6.45) is 0. The maximum absolute atomic E-state index is 6.21. The van der Waals surface area contributed by atoms with Crippen LogP contribution in [0.3, 0.4) is 0 Å². The summed E-state index contributed by atoms with van der Waals surface area (Å²) in [4.78, 5) is 0. The van der Waals surface area contributed by atoms with E-state index in [4.69, 9.17) is 11.6 Å². The summed E-state index contributed by atoms with van der Waals surface area (Å²) in [5, 5.41) is 4.28. The zero-order chi connectivity index (χ0) is 11.3. The summed E-state index contributed by atoms with van der Waals surface area (Å²) in [5.74, 6) is 1.10. The molecular weight excluding hydrogens is 206 g/mol. The molecule has 0 saturated carbocycles. The maximum Gasteiger partial charge on any atom is 0.0441 e. The number of benzene rings is 1. The van der Waals surface area contributed by atoms with Gasteiger partial charge in [0.1, 0.15) is 0 Å². The van der Waals surface area contributed by atoms with Gasteiger partial charge in [-0.3, -0.25) is 0 Å². The van der Waals surface area contributed by atoms with Gasteiger partial charge in [-0.1, -0.05) is 50.6 Å². The first-order valence-electron chi connectivity index (χ1n) is 5.62. The molecule has 84 valence electrons. The molecule has 2 heteroatoms. The molecule has 0 fully saturated rings. The Labute approximate surface area is 97.8 Å². The Morgan fingerprint density at radius 1 is 1.27 bits per heavy atom. The first-order chi connectivity index (χ1) is 7.16. The predicted octanol–water partition coefficient (Wildman–Crippen LogP) is 3.69. The number of likely N-dealkylation sites (N-methyl/N-ethyl adjacent to an activating group) is 1. The lowest BCUT2D eigenvalue weighted by molar-refractivity contribution is 0.467. The van der Waals surface area contributed by atoms with Crippen molar-refractivity contribution in [2.45, 2.75) is 26.7 Å². The fraction of sp³-hybridized carbons (Fsp3) is 0.538. The van der Waals surface area contributed by atoms with Gasteiger partial charge in [-0.25, -0.2) is 0 Å². The molecule has 0 aliphatic heterocycles. The minimum Gasteiger partial charge on any atom is -0.316 e. The van der Waals surface area contributed by atoms with Gasteiger partial charge in [0.05, 0.1) is 0 Å². The van der Waals surface area contributed by atoms with Gasteiger partial charge >= 0.3 is 0 Å². The van der Waals surface area contributed by atoms with Crippen LogP contribution in [0.15, 0.2) is 24.3 Å². The molecule has 0 aliphatic carbocycles. The fourth-order valence-corrected chi connectivity index (χ4v) is 2.06. The van der Waals surface area contributed by atoms with Crippen LogP contribution in [0.2, 0.25) is 5.02 Å². The van der Waals surface area contributed by atoms with E-state index in [1.165, 1.54) is 5.56 Å². The highest BCUT2D eigenvalue weighted by atomic mass is 35.5. The van der Waals surface area contributed by atoms with Crippen LogP contribution < -0.4 is 5.32 Å². The summed E-state index contributed by atoms with van der Waals surface area (Å²) in [6, 6.07) is 8.14. The van der Waals surface area contributed by atoms with Gasteiger partial charge in [-0.05, 0) is 24.1 Å². The maximum atomic E-state index is 6.21. The first kappa shape index (κ1) is 12.5. The van der Waals surface area contributed by atoms with Crippen molar-refractivity contribution in [2.75, 3.05) is 13.1 Å². The normalized spacial score (nSPS) is 13.1. The summed E-state index contributed by atoms with van der Waals surface area (Å²) in [5.41, 5.74) is 1.26. The standard InChI is InChI=1S/C13H20ClN/c1-4-15-9-12(10(2)3)11-7-5-6-8-13(11)14/h5-8,10,12,15H,4,9H2,1-3H3. The average Bonchev–Trinajstić information content (AvgIpc) is 2.20. The van der Waals surface area contributed by atoms with Crippen LogP contribution in [-0.2, 0) is 0 Å². The highest BCUT2D eigenvalue weighted by Crippen LogP contribution is 2.29. The minimum absolute atomic E-state index is 0.499. The molecule has 0 amide bonds.